The quantitative estimate of drug-likeness (QED) is 0.431. The van der Waals surface area contributed by atoms with Crippen molar-refractivity contribution >= 4 is 75.4 Å². The van der Waals surface area contributed by atoms with Gasteiger partial charge in [0, 0.05) is 0 Å². The van der Waals surface area contributed by atoms with Gasteiger partial charge in [0.05, 0.1) is 32.1 Å². The van der Waals surface area contributed by atoms with Gasteiger partial charge in [0.25, 0.3) is 0 Å². The minimum atomic E-state index is -1.34. The van der Waals surface area contributed by atoms with Crippen LogP contribution in [0.1, 0.15) is 23.1 Å². The van der Waals surface area contributed by atoms with Crippen LogP contribution >= 0.6 is 69.6 Å². The molecule has 2 nitrogen and oxygen atoms in total. The first-order chi connectivity index (χ1) is 13.3. The zero-order valence-corrected chi connectivity index (χ0v) is 18.4. The van der Waals surface area contributed by atoms with Gasteiger partial charge in [-0.05, 0) is 23.3 Å². The predicted octanol–water partition coefficient (Wildman–Crippen LogP) is 7.55. The average molecular weight is 495 g/mol. The summed E-state index contributed by atoms with van der Waals surface area (Å²) in [6.07, 6.45) is -0.457. The summed E-state index contributed by atoms with van der Waals surface area (Å²) in [7, 11) is 0. The van der Waals surface area contributed by atoms with Crippen molar-refractivity contribution in [3.63, 3.8) is 0 Å². The van der Waals surface area contributed by atoms with Crippen LogP contribution in [0.4, 0.5) is 0 Å². The molecule has 0 bridgehead atoms. The fraction of sp³-hybridized carbons (Fsp3) is 0.150. The van der Waals surface area contributed by atoms with E-state index in [0.717, 1.165) is 11.1 Å². The number of allylic oxidation sites excluding steroid dienone is 2. The van der Waals surface area contributed by atoms with Gasteiger partial charge in [-0.25, -0.2) is 0 Å². The van der Waals surface area contributed by atoms with Gasteiger partial charge in [0.2, 0.25) is 5.78 Å². The van der Waals surface area contributed by atoms with Crippen molar-refractivity contribution in [1.82, 2.24) is 0 Å². The number of hydrogen-bond donors (Lipinski definition) is 0. The molecular weight excluding hydrogens is 485 g/mol. The number of carbonyl (C=O) groups is 1. The monoisotopic (exact) mass is 492 g/mol. The molecule has 1 aliphatic heterocycles. The van der Waals surface area contributed by atoms with Gasteiger partial charge in [-0.15, -0.1) is 0 Å². The van der Waals surface area contributed by atoms with Gasteiger partial charge in [-0.1, -0.05) is 106 Å². The fourth-order valence-electron chi connectivity index (χ4n) is 3.60. The summed E-state index contributed by atoms with van der Waals surface area (Å²) >= 11 is 37.6. The lowest BCUT2D eigenvalue weighted by atomic mass is 9.68. The van der Waals surface area contributed by atoms with E-state index in [1.165, 1.54) is 0 Å². The van der Waals surface area contributed by atoms with Crippen LogP contribution in [0, 0.1) is 0 Å². The van der Waals surface area contributed by atoms with Crippen LogP contribution in [-0.2, 0) is 9.53 Å². The van der Waals surface area contributed by atoms with Crippen LogP contribution in [0.3, 0.4) is 0 Å². The first kappa shape index (κ1) is 20.6. The molecule has 2 aromatic rings. The number of ketones is 1. The Morgan fingerprint density at radius 2 is 1.36 bits per heavy atom. The Hall–Kier alpha value is -0.710. The maximum atomic E-state index is 12.2. The van der Waals surface area contributed by atoms with E-state index in [-0.39, 0.29) is 26.0 Å². The first-order valence-electron chi connectivity index (χ1n) is 8.13. The van der Waals surface area contributed by atoms with Gasteiger partial charge in [0.1, 0.15) is 10.1 Å². The van der Waals surface area contributed by atoms with Crippen molar-refractivity contribution in [2.75, 3.05) is 0 Å². The minimum Gasteiger partial charge on any atom is -0.354 e. The molecule has 1 spiro atoms. The van der Waals surface area contributed by atoms with Crippen LogP contribution in [0.5, 0.6) is 0 Å². The molecule has 144 valence electrons. The Bertz CT molecular complexity index is 1020. The Morgan fingerprint density at radius 1 is 0.750 bits per heavy atom. The lowest BCUT2D eigenvalue weighted by Gasteiger charge is -2.56. The number of halogens is 6. The highest BCUT2D eigenvalue weighted by Crippen LogP contribution is 2.65. The van der Waals surface area contributed by atoms with E-state index in [9.17, 15) is 4.79 Å². The molecule has 4 rings (SSSR count). The maximum Gasteiger partial charge on any atom is 0.218 e. The molecule has 2 aliphatic rings. The largest absolute Gasteiger partial charge is 0.354 e. The number of ether oxygens (including phenoxy) is 1. The Morgan fingerprint density at radius 3 is 1.93 bits per heavy atom. The number of carbonyl (C=O) groups excluding carboxylic acids is 1. The van der Waals surface area contributed by atoms with E-state index in [0.29, 0.717) is 10.0 Å². The molecule has 1 fully saturated rings. The highest BCUT2D eigenvalue weighted by atomic mass is 35.5. The van der Waals surface area contributed by atoms with E-state index in [2.05, 4.69) is 0 Å². The van der Waals surface area contributed by atoms with Gasteiger partial charge >= 0.3 is 0 Å². The van der Waals surface area contributed by atoms with E-state index in [1.54, 1.807) is 12.1 Å². The molecular formula is C20H10Cl6O2. The van der Waals surface area contributed by atoms with Gasteiger partial charge in [0.15, 0.2) is 5.60 Å². The molecule has 0 amide bonds. The van der Waals surface area contributed by atoms with Gasteiger partial charge in [-0.3, -0.25) is 4.79 Å². The average Bonchev–Trinajstić information content (AvgIpc) is 2.68. The van der Waals surface area contributed by atoms with E-state index in [4.69, 9.17) is 74.3 Å². The van der Waals surface area contributed by atoms with Gasteiger partial charge < -0.3 is 4.74 Å². The van der Waals surface area contributed by atoms with E-state index < -0.39 is 17.5 Å². The number of Topliss-reactive ketones (excluding diaryl/α,β-unsaturated/α-hetero) is 1. The molecule has 2 atom stereocenters. The molecule has 0 radical (unpaired) electrons. The fourth-order valence-corrected chi connectivity index (χ4v) is 5.15. The second-order valence-electron chi connectivity index (χ2n) is 6.42. The lowest BCUT2D eigenvalue weighted by Crippen LogP contribution is -2.56. The lowest BCUT2D eigenvalue weighted by molar-refractivity contribution is -0.183. The summed E-state index contributed by atoms with van der Waals surface area (Å²) in [5.74, 6) is -1.01. The maximum absolute atomic E-state index is 12.2. The van der Waals surface area contributed by atoms with Crippen LogP contribution in [0.2, 0.25) is 10.0 Å². The highest BCUT2D eigenvalue weighted by molar-refractivity contribution is 6.61. The highest BCUT2D eigenvalue weighted by Gasteiger charge is 2.64. The topological polar surface area (TPSA) is 26.3 Å². The van der Waals surface area contributed by atoms with Crippen molar-refractivity contribution in [2.45, 2.75) is 17.6 Å². The zero-order valence-electron chi connectivity index (χ0n) is 13.9. The number of rotatable bonds is 2. The second-order valence-corrected chi connectivity index (χ2v) is 8.75. The van der Waals surface area contributed by atoms with E-state index >= 15 is 0 Å². The minimum absolute atomic E-state index is 0.0127. The zero-order chi connectivity index (χ0) is 20.2. The molecule has 0 saturated carbocycles. The normalized spacial score (nSPS) is 24.0. The van der Waals surface area contributed by atoms with Crippen LogP contribution in [-0.4, -0.2) is 11.4 Å². The summed E-state index contributed by atoms with van der Waals surface area (Å²) in [5.41, 5.74) is 0.333. The second kappa shape index (κ2) is 7.52. The SMILES string of the molecule is O=C1C(Cl)=C(Cl)C2(OC(c3ccc(Cl)c(Cl)c3)C2c2ccccc2)C(Cl)=C1Cl. The summed E-state index contributed by atoms with van der Waals surface area (Å²) < 4.78 is 6.23. The van der Waals surface area contributed by atoms with Crippen LogP contribution in [0.25, 0.3) is 0 Å². The van der Waals surface area contributed by atoms with Crippen LogP contribution < -0.4 is 0 Å². The van der Waals surface area contributed by atoms with E-state index in [1.807, 2.05) is 36.4 Å². The van der Waals surface area contributed by atoms with Crippen LogP contribution in [0.15, 0.2) is 68.7 Å². The van der Waals surface area contributed by atoms with Crippen molar-refractivity contribution in [1.29, 1.82) is 0 Å². The van der Waals surface area contributed by atoms with Crippen molar-refractivity contribution in [2.24, 2.45) is 0 Å². The van der Waals surface area contributed by atoms with Gasteiger partial charge in [-0.2, -0.15) is 0 Å². The Kier molecular flexibility index (Phi) is 5.52. The molecule has 28 heavy (non-hydrogen) atoms. The summed E-state index contributed by atoms with van der Waals surface area (Å²) in [5, 5.41) is 0.446. The van der Waals surface area contributed by atoms with Crippen molar-refractivity contribution in [3.8, 4) is 0 Å². The molecule has 1 aliphatic carbocycles. The molecule has 0 aromatic heterocycles. The third kappa shape index (κ3) is 2.94. The molecule has 1 heterocycles. The standard InChI is InChI=1S/C20H10Cl6O2/c21-11-7-6-10(8-12(11)22)17-13(9-4-2-1-3-5-9)20(28-17)18(25)14(23)16(27)15(24)19(20)26/h1-8,13,17H. The molecule has 2 aromatic carbocycles. The predicted molar refractivity (Wildman–Crippen MR) is 115 cm³/mol. The summed E-state index contributed by atoms with van der Waals surface area (Å²) in [6, 6.07) is 14.7. The number of benzene rings is 2. The molecule has 1 saturated heterocycles. The summed E-state index contributed by atoms with van der Waals surface area (Å²) in [6.45, 7) is 0. The third-order valence-electron chi connectivity index (χ3n) is 4.92. The summed E-state index contributed by atoms with van der Waals surface area (Å²) in [4.78, 5) is 12.2. The molecule has 2 unspecified atom stereocenters. The Labute approximate surface area is 191 Å². The first-order valence-corrected chi connectivity index (χ1v) is 10.4. The third-order valence-corrected chi connectivity index (χ3v) is 7.51. The molecule has 0 N–H and O–H groups in total. The molecule has 8 heteroatoms. The smallest absolute Gasteiger partial charge is 0.218 e. The van der Waals surface area contributed by atoms with Crippen molar-refractivity contribution in [3.05, 3.63) is 89.8 Å². The number of hydrogen-bond acceptors (Lipinski definition) is 2. The van der Waals surface area contributed by atoms with Crippen molar-refractivity contribution < 1.29 is 9.53 Å². The Balaban J connectivity index is 1.90.